The molecule has 1 fully saturated rings. The van der Waals surface area contributed by atoms with E-state index in [1.807, 2.05) is 0 Å². The molecule has 1 aromatic heterocycles. The third-order valence-electron chi connectivity index (χ3n) is 3.13. The van der Waals surface area contributed by atoms with Gasteiger partial charge in [-0.25, -0.2) is 0 Å². The minimum Gasteiger partial charge on any atom is -0.297 e. The van der Waals surface area contributed by atoms with E-state index >= 15 is 0 Å². The lowest BCUT2D eigenvalue weighted by Crippen LogP contribution is -2.21. The van der Waals surface area contributed by atoms with E-state index in [0.717, 1.165) is 35.0 Å². The van der Waals surface area contributed by atoms with Gasteiger partial charge < -0.3 is 0 Å². The van der Waals surface area contributed by atoms with Gasteiger partial charge in [-0.15, -0.1) is 5.10 Å². The minimum absolute atomic E-state index is 0.739. The van der Waals surface area contributed by atoms with Crippen LogP contribution in [-0.2, 0) is 6.54 Å². The summed E-state index contributed by atoms with van der Waals surface area (Å²) in [6, 6.07) is 0. The lowest BCUT2D eigenvalue weighted by atomic mass is 9.95. The highest BCUT2D eigenvalue weighted by Crippen LogP contribution is 2.26. The van der Waals surface area contributed by atoms with Crippen LogP contribution in [0.4, 0.5) is 0 Å². The first-order valence-corrected chi connectivity index (χ1v) is 6.51. The molecular weight excluding hydrogens is 230 g/mol. The lowest BCUT2D eigenvalue weighted by molar-refractivity contribution is 0.294. The van der Waals surface area contributed by atoms with Gasteiger partial charge in [0, 0.05) is 24.6 Å². The smallest absolute Gasteiger partial charge is 0.138 e. The van der Waals surface area contributed by atoms with Gasteiger partial charge in [-0.2, -0.15) is 0 Å². The Morgan fingerprint density at radius 2 is 2.40 bits per heavy atom. The van der Waals surface area contributed by atoms with Gasteiger partial charge in [0.15, 0.2) is 0 Å². The Balaban J connectivity index is 1.90. The standard InChI is InChI=1S/C10H16ClN3S/c1-7(2)8-3-4-14(5-8)6-9-10(11)15-13-12-9/h7-8H,3-6H2,1-2H3. The molecule has 15 heavy (non-hydrogen) atoms. The van der Waals surface area contributed by atoms with Gasteiger partial charge in [0.2, 0.25) is 0 Å². The number of halogens is 1. The molecule has 3 nitrogen and oxygen atoms in total. The molecule has 0 aliphatic carbocycles. The molecule has 0 bridgehead atoms. The molecular formula is C10H16ClN3S. The van der Waals surface area contributed by atoms with Crippen molar-refractivity contribution in [2.75, 3.05) is 13.1 Å². The Kier molecular flexibility index (Phi) is 3.59. The van der Waals surface area contributed by atoms with Gasteiger partial charge in [0.1, 0.15) is 10.0 Å². The molecule has 1 aromatic rings. The van der Waals surface area contributed by atoms with Crippen molar-refractivity contribution < 1.29 is 0 Å². The molecule has 1 aliphatic heterocycles. The van der Waals surface area contributed by atoms with Gasteiger partial charge in [-0.05, 0) is 24.8 Å². The maximum Gasteiger partial charge on any atom is 0.138 e. The Morgan fingerprint density at radius 3 is 2.93 bits per heavy atom. The van der Waals surface area contributed by atoms with E-state index in [1.54, 1.807) is 0 Å². The first-order chi connectivity index (χ1) is 7.16. The largest absolute Gasteiger partial charge is 0.297 e. The number of aromatic nitrogens is 2. The van der Waals surface area contributed by atoms with Crippen LogP contribution in [-0.4, -0.2) is 27.6 Å². The van der Waals surface area contributed by atoms with Gasteiger partial charge in [-0.3, -0.25) is 4.90 Å². The van der Waals surface area contributed by atoms with Crippen LogP contribution in [0.1, 0.15) is 26.0 Å². The molecule has 0 radical (unpaired) electrons. The van der Waals surface area contributed by atoms with E-state index in [0.29, 0.717) is 0 Å². The number of hydrogen-bond acceptors (Lipinski definition) is 4. The van der Waals surface area contributed by atoms with Crippen LogP contribution >= 0.6 is 23.1 Å². The molecule has 0 spiro atoms. The zero-order chi connectivity index (χ0) is 10.8. The van der Waals surface area contributed by atoms with Crippen LogP contribution in [0.5, 0.6) is 0 Å². The van der Waals surface area contributed by atoms with E-state index in [4.69, 9.17) is 11.6 Å². The van der Waals surface area contributed by atoms with Crippen molar-refractivity contribution in [1.29, 1.82) is 0 Å². The number of nitrogens with zero attached hydrogens (tertiary/aromatic N) is 3. The number of likely N-dealkylation sites (tertiary alicyclic amines) is 1. The summed E-state index contributed by atoms with van der Waals surface area (Å²) in [6.07, 6.45) is 1.30. The highest BCUT2D eigenvalue weighted by Gasteiger charge is 2.25. The number of rotatable bonds is 3. The van der Waals surface area contributed by atoms with Crippen molar-refractivity contribution in [1.82, 2.24) is 14.5 Å². The SMILES string of the molecule is CC(C)C1CCN(Cc2nnsc2Cl)C1. The van der Waals surface area contributed by atoms with Gasteiger partial charge in [0.25, 0.3) is 0 Å². The first kappa shape index (κ1) is 11.3. The second-order valence-electron chi connectivity index (χ2n) is 4.52. The van der Waals surface area contributed by atoms with Crippen LogP contribution in [0.25, 0.3) is 0 Å². The predicted octanol–water partition coefficient (Wildman–Crippen LogP) is 2.67. The van der Waals surface area contributed by atoms with Crippen LogP contribution in [0.15, 0.2) is 0 Å². The molecule has 1 aliphatic rings. The summed E-state index contributed by atoms with van der Waals surface area (Å²) in [4.78, 5) is 2.42. The van der Waals surface area contributed by atoms with Crippen LogP contribution < -0.4 is 0 Å². The molecule has 0 saturated carbocycles. The summed E-state index contributed by atoms with van der Waals surface area (Å²) in [5.74, 6) is 1.61. The highest BCUT2D eigenvalue weighted by molar-refractivity contribution is 7.10. The van der Waals surface area contributed by atoms with E-state index < -0.39 is 0 Å². The molecule has 0 amide bonds. The van der Waals surface area contributed by atoms with Crippen molar-refractivity contribution in [2.24, 2.45) is 11.8 Å². The maximum absolute atomic E-state index is 5.98. The molecule has 2 rings (SSSR count). The summed E-state index contributed by atoms with van der Waals surface area (Å²) >= 11 is 7.26. The average Bonchev–Trinajstić information content (AvgIpc) is 2.77. The lowest BCUT2D eigenvalue weighted by Gasteiger charge is -2.16. The van der Waals surface area contributed by atoms with Crippen molar-refractivity contribution in [3.63, 3.8) is 0 Å². The Bertz CT molecular complexity index is 326. The summed E-state index contributed by atoms with van der Waals surface area (Å²) in [7, 11) is 0. The zero-order valence-electron chi connectivity index (χ0n) is 9.11. The van der Waals surface area contributed by atoms with Gasteiger partial charge >= 0.3 is 0 Å². The monoisotopic (exact) mass is 245 g/mol. The van der Waals surface area contributed by atoms with E-state index in [9.17, 15) is 0 Å². The Labute approximate surface area is 99.6 Å². The minimum atomic E-state index is 0.739. The van der Waals surface area contributed by atoms with Crippen molar-refractivity contribution >= 4 is 23.1 Å². The third kappa shape index (κ3) is 2.68. The van der Waals surface area contributed by atoms with Crippen LogP contribution in [0.2, 0.25) is 4.34 Å². The highest BCUT2D eigenvalue weighted by atomic mass is 35.5. The molecule has 1 unspecified atom stereocenters. The molecule has 2 heterocycles. The summed E-state index contributed by atoms with van der Waals surface area (Å²) in [6.45, 7) is 7.79. The second-order valence-corrected chi connectivity index (χ2v) is 5.88. The summed E-state index contributed by atoms with van der Waals surface area (Å²) < 4.78 is 4.59. The molecule has 0 N–H and O–H groups in total. The summed E-state index contributed by atoms with van der Waals surface area (Å²) in [5.41, 5.74) is 0.936. The van der Waals surface area contributed by atoms with Crippen molar-refractivity contribution in [3.05, 3.63) is 10.0 Å². The Hall–Kier alpha value is -0.190. The second kappa shape index (κ2) is 4.76. The fourth-order valence-corrected chi connectivity index (χ4v) is 2.67. The summed E-state index contributed by atoms with van der Waals surface area (Å²) in [5, 5.41) is 4.04. The molecule has 5 heteroatoms. The fraction of sp³-hybridized carbons (Fsp3) is 0.800. The quantitative estimate of drug-likeness (QED) is 0.820. The third-order valence-corrected chi connectivity index (χ3v) is 4.12. The Morgan fingerprint density at radius 1 is 1.60 bits per heavy atom. The van der Waals surface area contributed by atoms with Gasteiger partial charge in [0.05, 0.1) is 0 Å². The van der Waals surface area contributed by atoms with E-state index in [2.05, 4.69) is 28.3 Å². The normalized spacial score (nSPS) is 22.8. The molecule has 0 aromatic carbocycles. The molecule has 84 valence electrons. The van der Waals surface area contributed by atoms with E-state index in [-0.39, 0.29) is 0 Å². The maximum atomic E-state index is 5.98. The van der Waals surface area contributed by atoms with Crippen molar-refractivity contribution in [3.8, 4) is 0 Å². The van der Waals surface area contributed by atoms with E-state index in [1.165, 1.54) is 24.5 Å². The average molecular weight is 246 g/mol. The van der Waals surface area contributed by atoms with Crippen molar-refractivity contribution in [2.45, 2.75) is 26.8 Å². The first-order valence-electron chi connectivity index (χ1n) is 5.36. The fourth-order valence-electron chi connectivity index (χ4n) is 2.05. The van der Waals surface area contributed by atoms with Crippen LogP contribution in [0.3, 0.4) is 0 Å². The van der Waals surface area contributed by atoms with Crippen LogP contribution in [0, 0.1) is 11.8 Å². The zero-order valence-corrected chi connectivity index (χ0v) is 10.7. The molecule has 1 saturated heterocycles. The number of hydrogen-bond donors (Lipinski definition) is 0. The van der Waals surface area contributed by atoms with Gasteiger partial charge in [-0.1, -0.05) is 29.9 Å². The predicted molar refractivity (Wildman–Crippen MR) is 63.1 cm³/mol. The molecule has 1 atom stereocenters. The topological polar surface area (TPSA) is 29.0 Å².